The summed E-state index contributed by atoms with van der Waals surface area (Å²) in [6.45, 7) is 2.27. The summed E-state index contributed by atoms with van der Waals surface area (Å²) in [5.74, 6) is 0. The average Bonchev–Trinajstić information content (AvgIpc) is 2.88. The summed E-state index contributed by atoms with van der Waals surface area (Å²) in [6.07, 6.45) is 11.4. The van der Waals surface area contributed by atoms with Gasteiger partial charge in [-0.15, -0.1) is 0 Å². The molecule has 1 aromatic rings. The van der Waals surface area contributed by atoms with Crippen molar-refractivity contribution in [1.29, 1.82) is 0 Å². The van der Waals surface area contributed by atoms with E-state index in [1.807, 2.05) is 0 Å². The van der Waals surface area contributed by atoms with Crippen LogP contribution in [-0.4, -0.2) is 6.10 Å². The first-order valence-electron chi connectivity index (χ1n) is 7.60. The number of hydrogen-bond donors (Lipinski definition) is 0. The summed E-state index contributed by atoms with van der Waals surface area (Å²) >= 11 is 0. The largest absolute Gasteiger partial charge is 0.370 e. The van der Waals surface area contributed by atoms with Crippen LogP contribution in [0.15, 0.2) is 30.3 Å². The lowest BCUT2D eigenvalue weighted by Crippen LogP contribution is -2.06. The molecule has 1 saturated heterocycles. The van der Waals surface area contributed by atoms with E-state index in [0.717, 1.165) is 0 Å². The highest BCUT2D eigenvalue weighted by molar-refractivity contribution is 5.18. The van der Waals surface area contributed by atoms with Crippen molar-refractivity contribution in [2.24, 2.45) is 0 Å². The van der Waals surface area contributed by atoms with Gasteiger partial charge in [-0.05, 0) is 24.8 Å². The molecule has 100 valence electrons. The van der Waals surface area contributed by atoms with Gasteiger partial charge in [-0.1, -0.05) is 69.4 Å². The van der Waals surface area contributed by atoms with Crippen LogP contribution >= 0.6 is 0 Å². The van der Waals surface area contributed by atoms with Gasteiger partial charge in [-0.2, -0.15) is 0 Å². The molecule has 1 heteroatoms. The van der Waals surface area contributed by atoms with E-state index >= 15 is 0 Å². The number of hydrogen-bond acceptors (Lipinski definition) is 1. The molecule has 0 aromatic heterocycles. The molecule has 1 aliphatic rings. The molecule has 0 bridgehead atoms. The Morgan fingerprint density at radius 1 is 1.00 bits per heavy atom. The van der Waals surface area contributed by atoms with E-state index in [9.17, 15) is 0 Å². The van der Waals surface area contributed by atoms with Crippen LogP contribution in [0.4, 0.5) is 0 Å². The smallest absolute Gasteiger partial charge is 0.0829 e. The summed E-state index contributed by atoms with van der Waals surface area (Å²) in [5, 5.41) is 0. The summed E-state index contributed by atoms with van der Waals surface area (Å²) in [6, 6.07) is 10.7. The predicted octanol–water partition coefficient (Wildman–Crippen LogP) is 5.27. The van der Waals surface area contributed by atoms with E-state index < -0.39 is 0 Å². The molecule has 1 nitrogen and oxygen atoms in total. The maximum Gasteiger partial charge on any atom is 0.0829 e. The molecule has 0 saturated carbocycles. The van der Waals surface area contributed by atoms with Gasteiger partial charge >= 0.3 is 0 Å². The highest BCUT2D eigenvalue weighted by Crippen LogP contribution is 2.34. The van der Waals surface area contributed by atoms with Crippen LogP contribution < -0.4 is 0 Å². The van der Waals surface area contributed by atoms with Gasteiger partial charge in [0, 0.05) is 0 Å². The Hall–Kier alpha value is -0.820. The van der Waals surface area contributed by atoms with Crippen molar-refractivity contribution < 1.29 is 4.74 Å². The van der Waals surface area contributed by atoms with E-state index in [1.165, 1.54) is 56.9 Å². The zero-order chi connectivity index (χ0) is 12.6. The molecule has 2 atom stereocenters. The van der Waals surface area contributed by atoms with Crippen molar-refractivity contribution in [1.82, 2.24) is 0 Å². The Bertz CT molecular complexity index is 320. The van der Waals surface area contributed by atoms with Gasteiger partial charge in [0.25, 0.3) is 0 Å². The molecule has 0 unspecified atom stereocenters. The Labute approximate surface area is 112 Å². The van der Waals surface area contributed by atoms with Crippen molar-refractivity contribution in [3.63, 3.8) is 0 Å². The van der Waals surface area contributed by atoms with Crippen LogP contribution in [0.3, 0.4) is 0 Å². The Balaban J connectivity index is 1.66. The van der Waals surface area contributed by atoms with E-state index in [-0.39, 0.29) is 0 Å². The van der Waals surface area contributed by atoms with Gasteiger partial charge in [-0.3, -0.25) is 0 Å². The van der Waals surface area contributed by atoms with E-state index in [1.54, 1.807) is 0 Å². The van der Waals surface area contributed by atoms with E-state index in [2.05, 4.69) is 37.3 Å². The molecular weight excluding hydrogens is 220 g/mol. The zero-order valence-corrected chi connectivity index (χ0v) is 11.6. The lowest BCUT2D eigenvalue weighted by Gasteiger charge is -2.13. The van der Waals surface area contributed by atoms with Gasteiger partial charge in [0.15, 0.2) is 0 Å². The normalized spacial score (nSPS) is 23.4. The monoisotopic (exact) mass is 246 g/mol. The molecule has 1 heterocycles. The first-order chi connectivity index (χ1) is 8.90. The first kappa shape index (κ1) is 13.6. The molecule has 0 N–H and O–H groups in total. The fourth-order valence-electron chi connectivity index (χ4n) is 2.81. The molecule has 0 radical (unpaired) electrons. The van der Waals surface area contributed by atoms with Crippen molar-refractivity contribution in [2.75, 3.05) is 0 Å². The van der Waals surface area contributed by atoms with Crippen LogP contribution in [0.5, 0.6) is 0 Å². The van der Waals surface area contributed by atoms with Gasteiger partial charge < -0.3 is 4.74 Å². The predicted molar refractivity (Wildman–Crippen MR) is 76.7 cm³/mol. The third-order valence-corrected chi connectivity index (χ3v) is 3.91. The lowest BCUT2D eigenvalue weighted by molar-refractivity contribution is 0.0385. The second-order valence-electron chi connectivity index (χ2n) is 5.44. The molecule has 18 heavy (non-hydrogen) atoms. The first-order valence-corrected chi connectivity index (χ1v) is 7.60. The SMILES string of the molecule is CCCCCCC[C@@H]1CC[C@H](c2ccccc2)O1. The summed E-state index contributed by atoms with van der Waals surface area (Å²) in [5.41, 5.74) is 1.35. The van der Waals surface area contributed by atoms with Gasteiger partial charge in [0.05, 0.1) is 12.2 Å². The third kappa shape index (κ3) is 4.13. The molecule has 0 aliphatic carbocycles. The van der Waals surface area contributed by atoms with Crippen molar-refractivity contribution in [3.05, 3.63) is 35.9 Å². The standard InChI is InChI=1S/C17H26O/c1-2-3-4-5-9-12-16-13-14-17(18-16)15-10-7-6-8-11-15/h6-8,10-11,16-17H,2-5,9,12-14H2,1H3/t16-,17-/m1/s1. The Morgan fingerprint density at radius 2 is 1.78 bits per heavy atom. The summed E-state index contributed by atoms with van der Waals surface area (Å²) < 4.78 is 6.15. The summed E-state index contributed by atoms with van der Waals surface area (Å²) in [7, 11) is 0. The van der Waals surface area contributed by atoms with Crippen molar-refractivity contribution >= 4 is 0 Å². The summed E-state index contributed by atoms with van der Waals surface area (Å²) in [4.78, 5) is 0. The fourth-order valence-corrected chi connectivity index (χ4v) is 2.81. The Kier molecular flexibility index (Phi) is 5.73. The van der Waals surface area contributed by atoms with Gasteiger partial charge in [0.2, 0.25) is 0 Å². The number of benzene rings is 1. The highest BCUT2D eigenvalue weighted by Gasteiger charge is 2.25. The molecular formula is C17H26O. The Morgan fingerprint density at radius 3 is 2.56 bits per heavy atom. The fraction of sp³-hybridized carbons (Fsp3) is 0.647. The maximum atomic E-state index is 6.15. The topological polar surface area (TPSA) is 9.23 Å². The lowest BCUT2D eigenvalue weighted by atomic mass is 10.0. The highest BCUT2D eigenvalue weighted by atomic mass is 16.5. The minimum Gasteiger partial charge on any atom is -0.370 e. The molecule has 2 rings (SSSR count). The van der Waals surface area contributed by atoms with Crippen LogP contribution in [0, 0.1) is 0 Å². The molecule has 1 fully saturated rings. The van der Waals surface area contributed by atoms with Crippen LogP contribution in [0.2, 0.25) is 0 Å². The minimum atomic E-state index is 0.354. The molecule has 0 spiro atoms. The molecule has 1 aromatic carbocycles. The maximum absolute atomic E-state index is 6.15. The van der Waals surface area contributed by atoms with Crippen LogP contribution in [-0.2, 0) is 4.74 Å². The number of unbranched alkanes of at least 4 members (excludes halogenated alkanes) is 4. The minimum absolute atomic E-state index is 0.354. The number of rotatable bonds is 7. The zero-order valence-electron chi connectivity index (χ0n) is 11.6. The quantitative estimate of drug-likeness (QED) is 0.596. The van der Waals surface area contributed by atoms with Crippen LogP contribution in [0.25, 0.3) is 0 Å². The number of ether oxygens (including phenoxy) is 1. The second kappa shape index (κ2) is 7.58. The third-order valence-electron chi connectivity index (χ3n) is 3.91. The average molecular weight is 246 g/mol. The van der Waals surface area contributed by atoms with Gasteiger partial charge in [-0.25, -0.2) is 0 Å². The molecule has 1 aliphatic heterocycles. The van der Waals surface area contributed by atoms with Crippen LogP contribution in [0.1, 0.15) is 70.0 Å². The van der Waals surface area contributed by atoms with E-state index in [4.69, 9.17) is 4.74 Å². The second-order valence-corrected chi connectivity index (χ2v) is 5.44. The van der Waals surface area contributed by atoms with Crippen molar-refractivity contribution in [3.8, 4) is 0 Å². The van der Waals surface area contributed by atoms with Crippen molar-refractivity contribution in [2.45, 2.75) is 70.5 Å². The molecule has 0 amide bonds. The van der Waals surface area contributed by atoms with E-state index in [0.29, 0.717) is 12.2 Å². The van der Waals surface area contributed by atoms with Gasteiger partial charge in [0.1, 0.15) is 0 Å².